The first-order valence-electron chi connectivity index (χ1n) is 7.91. The van der Waals surface area contributed by atoms with Gasteiger partial charge in [-0.05, 0) is 42.5 Å². The molecule has 2 rings (SSSR count). The zero-order chi connectivity index (χ0) is 17.7. The Kier molecular flexibility index (Phi) is 5.66. The molecule has 3 nitrogen and oxygen atoms in total. The molecule has 1 N–H and O–H groups in total. The van der Waals surface area contributed by atoms with Crippen LogP contribution in [0.1, 0.15) is 43.7 Å². The van der Waals surface area contributed by atoms with Gasteiger partial charge in [-0.25, -0.2) is 0 Å². The average molecular weight is 336 g/mol. The maximum atomic E-state index is 12.7. The summed E-state index contributed by atoms with van der Waals surface area (Å²) in [6, 6.07) is 6.35. The molecule has 0 spiro atoms. The number of benzene rings is 1. The van der Waals surface area contributed by atoms with E-state index in [0.717, 1.165) is 37.8 Å². The molecule has 0 heterocycles. The van der Waals surface area contributed by atoms with E-state index in [1.54, 1.807) is 6.07 Å². The first-order valence-corrected chi connectivity index (χ1v) is 7.91. The molecule has 1 aliphatic carbocycles. The van der Waals surface area contributed by atoms with Gasteiger partial charge < -0.3 is 5.32 Å². The van der Waals surface area contributed by atoms with E-state index in [0.29, 0.717) is 5.92 Å². The summed E-state index contributed by atoms with van der Waals surface area (Å²) in [5, 5.41) is 12.0. The number of hydrogen-bond acceptors (Lipinski definition) is 2. The zero-order valence-electron chi connectivity index (χ0n) is 13.4. The molecular formula is C18H19F3N2O. The fraction of sp³-hybridized carbons (Fsp3) is 0.444. The number of nitrogens with zero attached hydrogens (tertiary/aromatic N) is 1. The van der Waals surface area contributed by atoms with E-state index >= 15 is 0 Å². The second-order valence-corrected chi connectivity index (χ2v) is 6.13. The van der Waals surface area contributed by atoms with Crippen LogP contribution in [0.5, 0.6) is 0 Å². The first-order chi connectivity index (χ1) is 11.3. The van der Waals surface area contributed by atoms with E-state index in [4.69, 9.17) is 0 Å². The first kappa shape index (κ1) is 18.1. The number of amides is 1. The minimum atomic E-state index is -4.46. The molecule has 24 heavy (non-hydrogen) atoms. The largest absolute Gasteiger partial charge is 0.416 e. The van der Waals surface area contributed by atoms with Crippen LogP contribution < -0.4 is 5.32 Å². The van der Waals surface area contributed by atoms with Gasteiger partial charge in [0.25, 0.3) is 5.91 Å². The number of hydrogen-bond donors (Lipinski definition) is 1. The van der Waals surface area contributed by atoms with Gasteiger partial charge in [0.15, 0.2) is 0 Å². The van der Waals surface area contributed by atoms with Gasteiger partial charge in [-0.3, -0.25) is 4.79 Å². The van der Waals surface area contributed by atoms with Crippen LogP contribution in [0.4, 0.5) is 13.2 Å². The summed E-state index contributed by atoms with van der Waals surface area (Å²) in [5.41, 5.74) is -0.824. The number of rotatable bonds is 3. The quantitative estimate of drug-likeness (QED) is 0.661. The van der Waals surface area contributed by atoms with E-state index in [9.17, 15) is 23.2 Å². The third kappa shape index (κ3) is 4.60. The number of nitrogens with one attached hydrogen (secondary N) is 1. The Labute approximate surface area is 139 Å². The van der Waals surface area contributed by atoms with Crippen molar-refractivity contribution in [2.24, 2.45) is 5.92 Å². The molecule has 0 saturated heterocycles. The van der Waals surface area contributed by atoms with Crippen molar-refractivity contribution in [3.05, 3.63) is 41.0 Å². The second-order valence-electron chi connectivity index (χ2n) is 6.13. The molecule has 2 atom stereocenters. The molecule has 0 aromatic heterocycles. The van der Waals surface area contributed by atoms with Crippen LogP contribution in [-0.2, 0) is 11.0 Å². The Morgan fingerprint density at radius 1 is 1.33 bits per heavy atom. The number of carbonyl (C=O) groups excluding carboxylic acids is 1. The van der Waals surface area contributed by atoms with Gasteiger partial charge in [0.2, 0.25) is 0 Å². The van der Waals surface area contributed by atoms with Crippen LogP contribution >= 0.6 is 0 Å². The molecule has 6 heteroatoms. The normalized spacial score (nSPS) is 21.9. The Morgan fingerprint density at radius 3 is 2.67 bits per heavy atom. The predicted molar refractivity (Wildman–Crippen MR) is 84.6 cm³/mol. The highest BCUT2D eigenvalue weighted by Gasteiger charge is 2.30. The SMILES string of the molecule is C[C@H]1CCCC[C@@H]1NC(=O)/C(C#N)=C/c1cccc(C(F)(F)F)c1. The molecule has 0 bridgehead atoms. The maximum absolute atomic E-state index is 12.7. The third-order valence-corrected chi connectivity index (χ3v) is 4.32. The second kappa shape index (κ2) is 7.52. The number of halogens is 3. The summed E-state index contributed by atoms with van der Waals surface area (Å²) in [4.78, 5) is 12.3. The van der Waals surface area contributed by atoms with Crippen molar-refractivity contribution in [3.63, 3.8) is 0 Å². The van der Waals surface area contributed by atoms with Crippen LogP contribution in [-0.4, -0.2) is 11.9 Å². The Hall–Kier alpha value is -2.29. The standard InChI is InChI=1S/C18H19F3N2O/c1-12-5-2-3-8-16(12)23-17(24)14(11-22)9-13-6-4-7-15(10-13)18(19,20)21/h4,6-7,9-10,12,16H,2-3,5,8H2,1H3,(H,23,24)/b14-9+/t12-,16-/m0/s1. The summed E-state index contributed by atoms with van der Waals surface area (Å²) < 4.78 is 38.2. The van der Waals surface area contributed by atoms with E-state index in [1.165, 1.54) is 18.2 Å². The summed E-state index contributed by atoms with van der Waals surface area (Å²) in [5.74, 6) is -0.204. The minimum absolute atomic E-state index is 0.00418. The summed E-state index contributed by atoms with van der Waals surface area (Å²) in [7, 11) is 0. The predicted octanol–water partition coefficient (Wildman–Crippen LogP) is 4.31. The highest BCUT2D eigenvalue weighted by atomic mass is 19.4. The van der Waals surface area contributed by atoms with E-state index in [2.05, 4.69) is 5.32 Å². The minimum Gasteiger partial charge on any atom is -0.348 e. The van der Waals surface area contributed by atoms with Gasteiger partial charge in [0.1, 0.15) is 11.6 Å². The van der Waals surface area contributed by atoms with Crippen molar-refractivity contribution < 1.29 is 18.0 Å². The molecular weight excluding hydrogens is 317 g/mol. The Morgan fingerprint density at radius 2 is 2.04 bits per heavy atom. The number of alkyl halides is 3. The Bertz CT molecular complexity index is 674. The van der Waals surface area contributed by atoms with Crippen LogP contribution in [0.2, 0.25) is 0 Å². The van der Waals surface area contributed by atoms with Gasteiger partial charge in [-0.2, -0.15) is 18.4 Å². The molecule has 0 radical (unpaired) electrons. The van der Waals surface area contributed by atoms with Crippen LogP contribution in [0, 0.1) is 17.2 Å². The fourth-order valence-electron chi connectivity index (χ4n) is 2.90. The topological polar surface area (TPSA) is 52.9 Å². The van der Waals surface area contributed by atoms with Crippen molar-refractivity contribution in [2.45, 2.75) is 44.8 Å². The van der Waals surface area contributed by atoms with E-state index in [1.807, 2.05) is 6.92 Å². The van der Waals surface area contributed by atoms with Crippen LogP contribution in [0.15, 0.2) is 29.8 Å². The lowest BCUT2D eigenvalue weighted by molar-refractivity contribution is -0.137. The van der Waals surface area contributed by atoms with Crippen molar-refractivity contribution in [1.29, 1.82) is 5.26 Å². The Balaban J connectivity index is 2.17. The third-order valence-electron chi connectivity index (χ3n) is 4.32. The van der Waals surface area contributed by atoms with Crippen LogP contribution in [0.3, 0.4) is 0 Å². The van der Waals surface area contributed by atoms with Crippen LogP contribution in [0.25, 0.3) is 6.08 Å². The monoisotopic (exact) mass is 336 g/mol. The highest BCUT2D eigenvalue weighted by molar-refractivity contribution is 6.01. The zero-order valence-corrected chi connectivity index (χ0v) is 13.4. The molecule has 1 saturated carbocycles. The molecule has 1 aliphatic rings. The maximum Gasteiger partial charge on any atom is 0.416 e. The van der Waals surface area contributed by atoms with Gasteiger partial charge in [-0.1, -0.05) is 31.9 Å². The number of carbonyl (C=O) groups is 1. The molecule has 1 aromatic carbocycles. The fourth-order valence-corrected chi connectivity index (χ4v) is 2.90. The molecule has 0 aliphatic heterocycles. The molecule has 1 fully saturated rings. The lowest BCUT2D eigenvalue weighted by Crippen LogP contribution is -2.41. The van der Waals surface area contributed by atoms with E-state index in [-0.39, 0.29) is 17.2 Å². The lowest BCUT2D eigenvalue weighted by atomic mass is 9.86. The summed E-state index contributed by atoms with van der Waals surface area (Å²) >= 11 is 0. The van der Waals surface area contributed by atoms with E-state index < -0.39 is 17.6 Å². The van der Waals surface area contributed by atoms with Gasteiger partial charge in [-0.15, -0.1) is 0 Å². The molecule has 0 unspecified atom stereocenters. The lowest BCUT2D eigenvalue weighted by Gasteiger charge is -2.29. The number of nitriles is 1. The van der Waals surface area contributed by atoms with Crippen molar-refractivity contribution >= 4 is 12.0 Å². The van der Waals surface area contributed by atoms with Crippen molar-refractivity contribution in [2.75, 3.05) is 0 Å². The molecule has 1 amide bonds. The summed E-state index contributed by atoms with van der Waals surface area (Å²) in [6.45, 7) is 2.05. The highest BCUT2D eigenvalue weighted by Crippen LogP contribution is 2.30. The van der Waals surface area contributed by atoms with Gasteiger partial charge >= 0.3 is 6.18 Å². The molecule has 1 aromatic rings. The van der Waals surface area contributed by atoms with Crippen molar-refractivity contribution in [1.82, 2.24) is 5.32 Å². The van der Waals surface area contributed by atoms with Gasteiger partial charge in [0.05, 0.1) is 5.56 Å². The summed E-state index contributed by atoms with van der Waals surface area (Å²) in [6.07, 6.45) is 0.751. The van der Waals surface area contributed by atoms with Crippen molar-refractivity contribution in [3.8, 4) is 6.07 Å². The smallest absolute Gasteiger partial charge is 0.348 e. The van der Waals surface area contributed by atoms with Gasteiger partial charge in [0, 0.05) is 6.04 Å². The molecule has 128 valence electrons. The average Bonchev–Trinajstić information content (AvgIpc) is 2.54.